The molecule has 1 saturated heterocycles. The molecular formula is C6H12N2O2. The lowest BCUT2D eigenvalue weighted by Crippen LogP contribution is -2.12. The van der Waals surface area contributed by atoms with Gasteiger partial charge in [-0.05, 0) is 25.4 Å². The first-order chi connectivity index (χ1) is 4.79. The quantitative estimate of drug-likeness (QED) is 0.456. The van der Waals surface area contributed by atoms with Crippen LogP contribution in [0.2, 0.25) is 0 Å². The third-order valence-corrected chi connectivity index (χ3v) is 1.88. The second-order valence-electron chi connectivity index (χ2n) is 2.70. The molecule has 0 amide bonds. The number of hydrogen-bond donors (Lipinski definition) is 1. The van der Waals surface area contributed by atoms with Gasteiger partial charge in [0.25, 0.3) is 0 Å². The fourth-order valence-corrected chi connectivity index (χ4v) is 1.25. The Labute approximate surface area is 59.8 Å². The highest BCUT2D eigenvalue weighted by molar-refractivity contribution is 4.70. The van der Waals surface area contributed by atoms with Crippen molar-refractivity contribution >= 4 is 0 Å². The Bertz CT molecular complexity index is 121. The number of nitro groups is 1. The van der Waals surface area contributed by atoms with E-state index in [0.717, 1.165) is 25.9 Å². The molecular weight excluding hydrogens is 132 g/mol. The molecule has 0 aromatic carbocycles. The number of hydrogen-bond acceptors (Lipinski definition) is 3. The smallest absolute Gasteiger partial charge is 0.204 e. The molecule has 1 N–H and O–H groups in total. The second kappa shape index (κ2) is 3.51. The number of nitrogens with zero attached hydrogens (tertiary/aromatic N) is 1. The third-order valence-electron chi connectivity index (χ3n) is 1.88. The van der Waals surface area contributed by atoms with Crippen LogP contribution in [-0.4, -0.2) is 24.6 Å². The Morgan fingerprint density at radius 3 is 3.00 bits per heavy atom. The zero-order valence-electron chi connectivity index (χ0n) is 5.88. The first kappa shape index (κ1) is 7.47. The van der Waals surface area contributed by atoms with Gasteiger partial charge >= 0.3 is 0 Å². The fraction of sp³-hybridized carbons (Fsp3) is 1.00. The van der Waals surface area contributed by atoms with Gasteiger partial charge in [-0.1, -0.05) is 0 Å². The Morgan fingerprint density at radius 1 is 1.70 bits per heavy atom. The van der Waals surface area contributed by atoms with Crippen LogP contribution in [0.4, 0.5) is 0 Å². The summed E-state index contributed by atoms with van der Waals surface area (Å²) in [6.07, 6.45) is 1.84. The summed E-state index contributed by atoms with van der Waals surface area (Å²) in [6.45, 7) is 2.13. The summed E-state index contributed by atoms with van der Waals surface area (Å²) >= 11 is 0. The monoisotopic (exact) mass is 144 g/mol. The zero-order valence-corrected chi connectivity index (χ0v) is 5.88. The third kappa shape index (κ3) is 2.31. The summed E-state index contributed by atoms with van der Waals surface area (Å²) < 4.78 is 0. The van der Waals surface area contributed by atoms with Crippen LogP contribution in [0.15, 0.2) is 0 Å². The predicted octanol–water partition coefficient (Wildman–Crippen LogP) is 0.263. The van der Waals surface area contributed by atoms with E-state index in [4.69, 9.17) is 0 Å². The highest BCUT2D eigenvalue weighted by Gasteiger charge is 2.15. The molecule has 1 atom stereocenters. The van der Waals surface area contributed by atoms with Gasteiger partial charge in [-0.3, -0.25) is 10.1 Å². The normalized spacial score (nSPS) is 25.0. The van der Waals surface area contributed by atoms with Crippen LogP contribution in [0.3, 0.4) is 0 Å². The number of rotatable bonds is 3. The molecule has 0 aliphatic carbocycles. The maximum Gasteiger partial charge on any atom is 0.204 e. The van der Waals surface area contributed by atoms with Gasteiger partial charge in [-0.25, -0.2) is 0 Å². The second-order valence-corrected chi connectivity index (χ2v) is 2.70. The lowest BCUT2D eigenvalue weighted by atomic mass is 10.1. The van der Waals surface area contributed by atoms with Crippen molar-refractivity contribution in [2.45, 2.75) is 12.8 Å². The van der Waals surface area contributed by atoms with Crippen molar-refractivity contribution in [3.8, 4) is 0 Å². The molecule has 10 heavy (non-hydrogen) atoms. The molecule has 0 aromatic rings. The summed E-state index contributed by atoms with van der Waals surface area (Å²) in [5.74, 6) is 0.547. The molecule has 0 saturated carbocycles. The Balaban J connectivity index is 2.07. The van der Waals surface area contributed by atoms with Gasteiger partial charge in [0.1, 0.15) is 0 Å². The summed E-state index contributed by atoms with van der Waals surface area (Å²) in [6, 6.07) is 0. The molecule has 0 bridgehead atoms. The summed E-state index contributed by atoms with van der Waals surface area (Å²) in [5, 5.41) is 13.1. The molecule has 1 rings (SSSR count). The molecule has 1 fully saturated rings. The lowest BCUT2D eigenvalue weighted by Gasteiger charge is -2.01. The van der Waals surface area contributed by atoms with Crippen molar-refractivity contribution in [2.24, 2.45) is 5.92 Å². The maximum atomic E-state index is 9.94. The SMILES string of the molecule is O=[N+]([O-])CCC1CCNC1. The highest BCUT2D eigenvalue weighted by Crippen LogP contribution is 2.11. The molecule has 1 aliphatic rings. The van der Waals surface area contributed by atoms with Gasteiger partial charge < -0.3 is 5.32 Å². The standard InChI is InChI=1S/C6H12N2O2/c9-8(10)4-2-6-1-3-7-5-6/h6-7H,1-5H2. The minimum atomic E-state index is -0.238. The van der Waals surface area contributed by atoms with E-state index in [1.165, 1.54) is 0 Å². The van der Waals surface area contributed by atoms with Crippen molar-refractivity contribution in [1.82, 2.24) is 5.32 Å². The fourth-order valence-electron chi connectivity index (χ4n) is 1.25. The predicted molar refractivity (Wildman–Crippen MR) is 37.5 cm³/mol. The van der Waals surface area contributed by atoms with E-state index in [1.54, 1.807) is 0 Å². The van der Waals surface area contributed by atoms with Gasteiger partial charge in [-0.2, -0.15) is 0 Å². The van der Waals surface area contributed by atoms with Crippen LogP contribution in [0.5, 0.6) is 0 Å². The van der Waals surface area contributed by atoms with Crippen molar-refractivity contribution in [2.75, 3.05) is 19.6 Å². The summed E-state index contributed by atoms with van der Waals surface area (Å²) in [4.78, 5) is 9.70. The van der Waals surface area contributed by atoms with E-state index < -0.39 is 0 Å². The average Bonchev–Trinajstić information content (AvgIpc) is 2.34. The van der Waals surface area contributed by atoms with Crippen LogP contribution in [0.1, 0.15) is 12.8 Å². The van der Waals surface area contributed by atoms with E-state index in [1.807, 2.05) is 0 Å². The first-order valence-corrected chi connectivity index (χ1v) is 3.61. The highest BCUT2D eigenvalue weighted by atomic mass is 16.6. The minimum Gasteiger partial charge on any atom is -0.316 e. The van der Waals surface area contributed by atoms with Gasteiger partial charge in [0.15, 0.2) is 0 Å². The molecule has 58 valence electrons. The maximum absolute atomic E-state index is 9.94. The van der Waals surface area contributed by atoms with Crippen LogP contribution in [0.25, 0.3) is 0 Å². The molecule has 0 spiro atoms. The van der Waals surface area contributed by atoms with Crippen molar-refractivity contribution in [3.05, 3.63) is 10.1 Å². The van der Waals surface area contributed by atoms with Gasteiger partial charge in [0.05, 0.1) is 0 Å². The van der Waals surface area contributed by atoms with E-state index >= 15 is 0 Å². The summed E-state index contributed by atoms with van der Waals surface area (Å²) in [5.41, 5.74) is 0. The minimum absolute atomic E-state index is 0.131. The van der Waals surface area contributed by atoms with Gasteiger partial charge in [0.2, 0.25) is 6.54 Å². The van der Waals surface area contributed by atoms with E-state index in [0.29, 0.717) is 5.92 Å². The van der Waals surface area contributed by atoms with Gasteiger partial charge in [-0.15, -0.1) is 0 Å². The van der Waals surface area contributed by atoms with Crippen LogP contribution >= 0.6 is 0 Å². The van der Waals surface area contributed by atoms with E-state index in [-0.39, 0.29) is 11.5 Å². The molecule has 1 aliphatic heterocycles. The van der Waals surface area contributed by atoms with Crippen LogP contribution in [-0.2, 0) is 0 Å². The van der Waals surface area contributed by atoms with E-state index in [2.05, 4.69) is 5.32 Å². The molecule has 0 radical (unpaired) electrons. The first-order valence-electron chi connectivity index (χ1n) is 3.61. The van der Waals surface area contributed by atoms with Crippen molar-refractivity contribution in [3.63, 3.8) is 0 Å². The Morgan fingerprint density at radius 2 is 2.50 bits per heavy atom. The Kier molecular flexibility index (Phi) is 2.62. The lowest BCUT2D eigenvalue weighted by molar-refractivity contribution is -0.481. The largest absolute Gasteiger partial charge is 0.316 e. The Hall–Kier alpha value is -0.640. The average molecular weight is 144 g/mol. The van der Waals surface area contributed by atoms with Crippen molar-refractivity contribution in [1.29, 1.82) is 0 Å². The van der Waals surface area contributed by atoms with Crippen molar-refractivity contribution < 1.29 is 4.92 Å². The van der Waals surface area contributed by atoms with Crippen LogP contribution < -0.4 is 5.32 Å². The van der Waals surface area contributed by atoms with Gasteiger partial charge in [0, 0.05) is 11.3 Å². The molecule has 0 aromatic heterocycles. The topological polar surface area (TPSA) is 55.2 Å². The summed E-state index contributed by atoms with van der Waals surface area (Å²) in [7, 11) is 0. The molecule has 4 nitrogen and oxygen atoms in total. The number of nitrogens with one attached hydrogen (secondary N) is 1. The van der Waals surface area contributed by atoms with Crippen LogP contribution in [0, 0.1) is 16.0 Å². The molecule has 4 heteroatoms. The zero-order chi connectivity index (χ0) is 7.40. The molecule has 1 unspecified atom stereocenters. The van der Waals surface area contributed by atoms with E-state index in [9.17, 15) is 10.1 Å². The molecule has 1 heterocycles.